The number of sulfonamides is 1. The molecule has 1 heterocycles. The number of carbonyl (C=O) groups excluding carboxylic acids is 2. The number of aryl methyl sites for hydroxylation is 3. The molecule has 142 valence electrons. The molecule has 0 atom stereocenters. The van der Waals surface area contributed by atoms with E-state index >= 15 is 0 Å². The van der Waals surface area contributed by atoms with E-state index in [1.54, 1.807) is 0 Å². The van der Waals surface area contributed by atoms with Crippen molar-refractivity contribution in [3.05, 3.63) is 53.1 Å². The van der Waals surface area contributed by atoms with E-state index in [4.69, 9.17) is 0 Å². The fraction of sp³-hybridized carbons (Fsp3) is 0.300. The Kier molecular flexibility index (Phi) is 5.06. The van der Waals surface area contributed by atoms with Gasteiger partial charge in [-0.3, -0.25) is 19.2 Å². The summed E-state index contributed by atoms with van der Waals surface area (Å²) in [5.74, 6) is -0.517. The Morgan fingerprint density at radius 1 is 0.889 bits per heavy atom. The highest BCUT2D eigenvalue weighted by Gasteiger charge is 2.27. The Hall–Kier alpha value is -2.67. The maximum atomic E-state index is 12.7. The molecule has 7 heteroatoms. The monoisotopic (exact) mass is 386 g/mol. The van der Waals surface area contributed by atoms with Gasteiger partial charge in [-0.25, -0.2) is 8.42 Å². The van der Waals surface area contributed by atoms with Crippen LogP contribution in [0.15, 0.2) is 41.3 Å². The van der Waals surface area contributed by atoms with Crippen molar-refractivity contribution in [2.45, 2.75) is 44.9 Å². The van der Waals surface area contributed by atoms with Gasteiger partial charge in [0.15, 0.2) is 0 Å². The van der Waals surface area contributed by atoms with Crippen LogP contribution in [-0.2, 0) is 19.6 Å². The second-order valence-corrected chi connectivity index (χ2v) is 8.53. The van der Waals surface area contributed by atoms with E-state index in [1.165, 1.54) is 24.3 Å². The lowest BCUT2D eigenvalue weighted by Gasteiger charge is -2.25. The van der Waals surface area contributed by atoms with Crippen LogP contribution in [0.5, 0.6) is 0 Å². The van der Waals surface area contributed by atoms with Gasteiger partial charge in [0.05, 0.1) is 16.3 Å². The van der Waals surface area contributed by atoms with Gasteiger partial charge < -0.3 is 0 Å². The van der Waals surface area contributed by atoms with Crippen LogP contribution in [0, 0.1) is 20.8 Å². The number of anilines is 2. The van der Waals surface area contributed by atoms with Gasteiger partial charge in [-0.05, 0) is 62.6 Å². The number of imide groups is 1. The van der Waals surface area contributed by atoms with Crippen LogP contribution in [0.3, 0.4) is 0 Å². The summed E-state index contributed by atoms with van der Waals surface area (Å²) < 4.78 is 28.1. The highest BCUT2D eigenvalue weighted by molar-refractivity contribution is 7.92. The highest BCUT2D eigenvalue weighted by Crippen LogP contribution is 2.27. The minimum Gasteiger partial charge on any atom is -0.279 e. The van der Waals surface area contributed by atoms with Gasteiger partial charge in [0.2, 0.25) is 11.8 Å². The molecule has 3 rings (SSSR count). The number of nitrogens with zero attached hydrogens (tertiary/aromatic N) is 1. The smallest absolute Gasteiger partial charge is 0.261 e. The van der Waals surface area contributed by atoms with Gasteiger partial charge in [0.25, 0.3) is 10.0 Å². The Balaban J connectivity index is 1.88. The maximum Gasteiger partial charge on any atom is 0.261 e. The number of amides is 2. The molecule has 1 aliphatic heterocycles. The van der Waals surface area contributed by atoms with Crippen LogP contribution in [-0.4, -0.2) is 20.2 Å². The van der Waals surface area contributed by atoms with Crippen LogP contribution in [0.4, 0.5) is 11.4 Å². The normalized spacial score (nSPS) is 15.1. The van der Waals surface area contributed by atoms with Gasteiger partial charge >= 0.3 is 0 Å². The van der Waals surface area contributed by atoms with Crippen molar-refractivity contribution in [3.8, 4) is 0 Å². The molecule has 2 amide bonds. The molecule has 0 spiro atoms. The molecular weight excluding hydrogens is 364 g/mol. The van der Waals surface area contributed by atoms with Crippen LogP contribution < -0.4 is 9.62 Å². The van der Waals surface area contributed by atoms with E-state index in [9.17, 15) is 18.0 Å². The lowest BCUT2D eigenvalue weighted by atomic mass is 10.1. The highest BCUT2D eigenvalue weighted by atomic mass is 32.2. The fourth-order valence-corrected chi connectivity index (χ4v) is 4.55. The largest absolute Gasteiger partial charge is 0.279 e. The van der Waals surface area contributed by atoms with E-state index in [1.807, 2.05) is 32.9 Å². The molecule has 1 N–H and O–H groups in total. The molecule has 0 bridgehead atoms. The molecule has 2 aromatic rings. The third-order valence-corrected chi connectivity index (χ3v) is 5.96. The van der Waals surface area contributed by atoms with Crippen molar-refractivity contribution >= 4 is 33.2 Å². The van der Waals surface area contributed by atoms with Crippen molar-refractivity contribution < 1.29 is 18.0 Å². The number of benzene rings is 2. The summed E-state index contributed by atoms with van der Waals surface area (Å²) in [6.45, 7) is 5.67. The summed E-state index contributed by atoms with van der Waals surface area (Å²) in [7, 11) is -3.78. The number of piperidine rings is 1. The number of hydrogen-bond donors (Lipinski definition) is 1. The third kappa shape index (κ3) is 3.88. The lowest BCUT2D eigenvalue weighted by molar-refractivity contribution is -0.129. The average Bonchev–Trinajstić information content (AvgIpc) is 2.58. The zero-order chi connectivity index (χ0) is 19.8. The maximum absolute atomic E-state index is 12.7. The van der Waals surface area contributed by atoms with E-state index in [2.05, 4.69) is 4.72 Å². The standard InChI is InChI=1S/C20H22N2O4S/c1-13-11-14(2)20(15(3)12-13)21-27(25,26)17-9-7-16(8-10-17)22-18(23)5-4-6-19(22)24/h7-12,21H,4-6H2,1-3H3. The Morgan fingerprint density at radius 3 is 1.93 bits per heavy atom. The van der Waals surface area contributed by atoms with Crippen molar-refractivity contribution in [1.29, 1.82) is 0 Å². The molecule has 0 saturated carbocycles. The summed E-state index contributed by atoms with van der Waals surface area (Å²) in [6.07, 6.45) is 1.19. The van der Waals surface area contributed by atoms with E-state index in [0.717, 1.165) is 21.6 Å². The summed E-state index contributed by atoms with van der Waals surface area (Å²) >= 11 is 0. The first-order valence-corrected chi connectivity index (χ1v) is 10.2. The predicted molar refractivity (Wildman–Crippen MR) is 104 cm³/mol. The number of nitrogens with one attached hydrogen (secondary N) is 1. The molecule has 2 aromatic carbocycles. The molecule has 0 aromatic heterocycles. The Morgan fingerprint density at radius 2 is 1.41 bits per heavy atom. The van der Waals surface area contributed by atoms with Crippen LogP contribution >= 0.6 is 0 Å². The number of hydrogen-bond acceptors (Lipinski definition) is 4. The van der Waals surface area contributed by atoms with Crippen LogP contribution in [0.25, 0.3) is 0 Å². The van der Waals surface area contributed by atoms with Crippen molar-refractivity contribution in [3.63, 3.8) is 0 Å². The summed E-state index contributed by atoms with van der Waals surface area (Å²) in [6, 6.07) is 9.63. The lowest BCUT2D eigenvalue weighted by Crippen LogP contribution is -2.40. The molecule has 1 saturated heterocycles. The summed E-state index contributed by atoms with van der Waals surface area (Å²) in [5, 5.41) is 0. The fourth-order valence-electron chi connectivity index (χ4n) is 3.35. The van der Waals surface area contributed by atoms with Crippen molar-refractivity contribution in [2.24, 2.45) is 0 Å². The van der Waals surface area contributed by atoms with E-state index < -0.39 is 10.0 Å². The first kappa shape index (κ1) is 19.1. The van der Waals surface area contributed by atoms with Gasteiger partial charge in [-0.2, -0.15) is 0 Å². The molecule has 0 unspecified atom stereocenters. The zero-order valence-electron chi connectivity index (χ0n) is 15.6. The minimum absolute atomic E-state index is 0.0718. The van der Waals surface area contributed by atoms with E-state index in [-0.39, 0.29) is 16.7 Å². The molecule has 0 aliphatic carbocycles. The van der Waals surface area contributed by atoms with E-state index in [0.29, 0.717) is 30.6 Å². The van der Waals surface area contributed by atoms with Crippen LogP contribution in [0.1, 0.15) is 36.0 Å². The Labute approximate surface area is 159 Å². The zero-order valence-corrected chi connectivity index (χ0v) is 16.4. The van der Waals surface area contributed by atoms with Gasteiger partial charge in [0.1, 0.15) is 0 Å². The van der Waals surface area contributed by atoms with Crippen molar-refractivity contribution in [1.82, 2.24) is 0 Å². The quantitative estimate of drug-likeness (QED) is 0.816. The summed E-state index contributed by atoms with van der Waals surface area (Å²) in [5.41, 5.74) is 3.71. The number of carbonyl (C=O) groups is 2. The first-order valence-electron chi connectivity index (χ1n) is 8.75. The SMILES string of the molecule is Cc1cc(C)c(NS(=O)(=O)c2ccc(N3C(=O)CCCC3=O)cc2)c(C)c1. The topological polar surface area (TPSA) is 83.6 Å². The minimum atomic E-state index is -3.78. The predicted octanol–water partition coefficient (Wildman–Crippen LogP) is 3.46. The molecule has 6 nitrogen and oxygen atoms in total. The second-order valence-electron chi connectivity index (χ2n) is 6.85. The third-order valence-electron chi connectivity index (χ3n) is 4.60. The molecule has 27 heavy (non-hydrogen) atoms. The molecule has 1 fully saturated rings. The first-order chi connectivity index (χ1) is 12.7. The van der Waals surface area contributed by atoms with Gasteiger partial charge in [-0.15, -0.1) is 0 Å². The second kappa shape index (κ2) is 7.15. The molecule has 0 radical (unpaired) electrons. The van der Waals surface area contributed by atoms with Gasteiger partial charge in [-0.1, -0.05) is 17.7 Å². The summed E-state index contributed by atoms with van der Waals surface area (Å²) in [4.78, 5) is 25.2. The van der Waals surface area contributed by atoms with Gasteiger partial charge in [0, 0.05) is 12.8 Å². The van der Waals surface area contributed by atoms with Crippen molar-refractivity contribution in [2.75, 3.05) is 9.62 Å². The molecular formula is C20H22N2O4S. The number of rotatable bonds is 4. The Bertz CT molecular complexity index is 972. The average molecular weight is 386 g/mol. The van der Waals surface area contributed by atoms with Crippen LogP contribution in [0.2, 0.25) is 0 Å². The molecule has 1 aliphatic rings.